The van der Waals surface area contributed by atoms with Crippen LogP contribution in [0.15, 0.2) is 59.5 Å². The van der Waals surface area contributed by atoms with E-state index in [-0.39, 0.29) is 30.2 Å². The van der Waals surface area contributed by atoms with Crippen LogP contribution in [0, 0.1) is 13.8 Å². The molecule has 1 aromatic heterocycles. The van der Waals surface area contributed by atoms with E-state index in [1.165, 1.54) is 6.07 Å². The molecule has 0 bridgehead atoms. The lowest BCUT2D eigenvalue weighted by molar-refractivity contribution is -0.116. The second-order valence-corrected chi connectivity index (χ2v) is 7.45. The SMILES string of the molecule is Cc1ccc(COc2cn(CC(=O)Nc3ccc4c(c3)OCCO4)c(C)cc2=O)cc1. The zero-order chi connectivity index (χ0) is 21.8. The van der Waals surface area contributed by atoms with Crippen LogP contribution in [0.25, 0.3) is 0 Å². The molecular weight excluding hydrogens is 396 g/mol. The van der Waals surface area contributed by atoms with Gasteiger partial charge < -0.3 is 24.1 Å². The van der Waals surface area contributed by atoms with Gasteiger partial charge in [0.1, 0.15) is 26.4 Å². The maximum absolute atomic E-state index is 12.6. The molecule has 0 atom stereocenters. The maximum atomic E-state index is 12.6. The Morgan fingerprint density at radius 3 is 2.55 bits per heavy atom. The van der Waals surface area contributed by atoms with Gasteiger partial charge in [0.05, 0.1) is 6.20 Å². The fraction of sp³-hybridized carbons (Fsp3) is 0.250. The number of hydrogen-bond acceptors (Lipinski definition) is 5. The van der Waals surface area contributed by atoms with E-state index >= 15 is 0 Å². The minimum Gasteiger partial charge on any atom is -0.486 e. The van der Waals surface area contributed by atoms with Gasteiger partial charge in [-0.1, -0.05) is 29.8 Å². The van der Waals surface area contributed by atoms with Crippen molar-refractivity contribution in [1.29, 1.82) is 0 Å². The van der Waals surface area contributed by atoms with Crippen molar-refractivity contribution in [3.8, 4) is 17.2 Å². The van der Waals surface area contributed by atoms with Gasteiger partial charge in [-0.2, -0.15) is 0 Å². The van der Waals surface area contributed by atoms with E-state index in [0.717, 1.165) is 11.1 Å². The van der Waals surface area contributed by atoms with E-state index < -0.39 is 0 Å². The third-order valence-electron chi connectivity index (χ3n) is 4.96. The van der Waals surface area contributed by atoms with E-state index in [0.29, 0.717) is 36.1 Å². The Kier molecular flexibility index (Phi) is 5.93. The van der Waals surface area contributed by atoms with Crippen LogP contribution in [0.4, 0.5) is 5.69 Å². The van der Waals surface area contributed by atoms with Gasteiger partial charge in [-0.05, 0) is 31.5 Å². The Morgan fingerprint density at radius 2 is 1.77 bits per heavy atom. The van der Waals surface area contributed by atoms with Crippen molar-refractivity contribution >= 4 is 11.6 Å². The molecule has 160 valence electrons. The maximum Gasteiger partial charge on any atom is 0.244 e. The highest BCUT2D eigenvalue weighted by Gasteiger charge is 2.14. The average molecular weight is 420 g/mol. The summed E-state index contributed by atoms with van der Waals surface area (Å²) in [5, 5.41) is 2.85. The summed E-state index contributed by atoms with van der Waals surface area (Å²) >= 11 is 0. The van der Waals surface area contributed by atoms with Crippen LogP contribution in [0.3, 0.4) is 0 Å². The number of aryl methyl sites for hydroxylation is 2. The molecule has 1 N–H and O–H groups in total. The Hall–Kier alpha value is -3.74. The highest BCUT2D eigenvalue weighted by atomic mass is 16.6. The van der Waals surface area contributed by atoms with Crippen LogP contribution < -0.4 is 25.0 Å². The zero-order valence-corrected chi connectivity index (χ0v) is 17.5. The summed E-state index contributed by atoms with van der Waals surface area (Å²) in [6, 6.07) is 14.7. The lowest BCUT2D eigenvalue weighted by atomic mass is 10.2. The Morgan fingerprint density at radius 1 is 1.03 bits per heavy atom. The smallest absolute Gasteiger partial charge is 0.244 e. The molecule has 1 amide bonds. The van der Waals surface area contributed by atoms with E-state index in [1.807, 2.05) is 31.2 Å². The molecule has 0 radical (unpaired) electrons. The van der Waals surface area contributed by atoms with E-state index in [9.17, 15) is 9.59 Å². The van der Waals surface area contributed by atoms with Crippen LogP contribution in [-0.2, 0) is 17.9 Å². The molecule has 0 saturated heterocycles. The third-order valence-corrected chi connectivity index (χ3v) is 4.96. The number of ether oxygens (including phenoxy) is 3. The molecule has 7 nitrogen and oxygen atoms in total. The topological polar surface area (TPSA) is 78.8 Å². The van der Waals surface area contributed by atoms with Crippen molar-refractivity contribution in [3.63, 3.8) is 0 Å². The molecule has 2 aromatic carbocycles. The highest BCUT2D eigenvalue weighted by molar-refractivity contribution is 5.91. The molecular formula is C24H24N2O5. The minimum atomic E-state index is -0.229. The molecule has 0 unspecified atom stereocenters. The summed E-state index contributed by atoms with van der Waals surface area (Å²) in [6.45, 7) is 5.11. The Bertz CT molecular complexity index is 1150. The number of hydrogen-bond donors (Lipinski definition) is 1. The predicted octanol–water partition coefficient (Wildman–Crippen LogP) is 3.45. The molecule has 2 heterocycles. The number of nitrogens with one attached hydrogen (secondary N) is 1. The molecule has 1 aliphatic heterocycles. The molecule has 31 heavy (non-hydrogen) atoms. The highest BCUT2D eigenvalue weighted by Crippen LogP contribution is 2.32. The van der Waals surface area contributed by atoms with Crippen LogP contribution in [0.2, 0.25) is 0 Å². The minimum absolute atomic E-state index is 0.0431. The summed E-state index contributed by atoms with van der Waals surface area (Å²) in [5.74, 6) is 1.25. The first-order valence-electron chi connectivity index (χ1n) is 10.1. The van der Waals surface area contributed by atoms with Gasteiger partial charge in [0.15, 0.2) is 17.2 Å². The van der Waals surface area contributed by atoms with Gasteiger partial charge in [0, 0.05) is 23.5 Å². The van der Waals surface area contributed by atoms with Crippen LogP contribution in [0.1, 0.15) is 16.8 Å². The Balaban J connectivity index is 1.43. The third kappa shape index (κ3) is 5.06. The normalized spacial score (nSPS) is 12.3. The fourth-order valence-corrected chi connectivity index (χ4v) is 3.25. The largest absolute Gasteiger partial charge is 0.486 e. The quantitative estimate of drug-likeness (QED) is 0.661. The molecule has 1 aliphatic rings. The number of benzene rings is 2. The van der Waals surface area contributed by atoms with Crippen molar-refractivity contribution in [2.24, 2.45) is 0 Å². The number of aromatic nitrogens is 1. The molecule has 4 rings (SSSR count). The van der Waals surface area contributed by atoms with E-state index in [1.54, 1.807) is 35.9 Å². The van der Waals surface area contributed by atoms with E-state index in [2.05, 4.69) is 5.32 Å². The first-order valence-corrected chi connectivity index (χ1v) is 10.1. The lowest BCUT2D eigenvalue weighted by Crippen LogP contribution is -2.22. The summed E-state index contributed by atoms with van der Waals surface area (Å²) in [7, 11) is 0. The van der Waals surface area contributed by atoms with Crippen molar-refractivity contribution in [2.75, 3.05) is 18.5 Å². The molecule has 3 aromatic rings. The van der Waals surface area contributed by atoms with Crippen LogP contribution in [0.5, 0.6) is 17.2 Å². The van der Waals surface area contributed by atoms with Gasteiger partial charge in [0.2, 0.25) is 11.3 Å². The van der Waals surface area contributed by atoms with Crippen LogP contribution in [-0.4, -0.2) is 23.7 Å². The summed E-state index contributed by atoms with van der Waals surface area (Å²) in [4.78, 5) is 24.9. The zero-order valence-electron chi connectivity index (χ0n) is 17.5. The van der Waals surface area contributed by atoms with Gasteiger partial charge in [0.25, 0.3) is 0 Å². The molecule has 0 aliphatic carbocycles. The second-order valence-electron chi connectivity index (χ2n) is 7.45. The van der Waals surface area contributed by atoms with Crippen molar-refractivity contribution in [2.45, 2.75) is 27.0 Å². The lowest BCUT2D eigenvalue weighted by Gasteiger charge is -2.19. The fourth-order valence-electron chi connectivity index (χ4n) is 3.25. The van der Waals surface area contributed by atoms with Gasteiger partial charge in [-0.25, -0.2) is 0 Å². The van der Waals surface area contributed by atoms with Gasteiger partial charge >= 0.3 is 0 Å². The summed E-state index contributed by atoms with van der Waals surface area (Å²) in [5.41, 5.74) is 3.20. The number of carbonyl (C=O) groups is 1. The number of nitrogens with zero attached hydrogens (tertiary/aromatic N) is 1. The van der Waals surface area contributed by atoms with E-state index in [4.69, 9.17) is 14.2 Å². The molecule has 7 heteroatoms. The first-order chi connectivity index (χ1) is 15.0. The number of rotatable bonds is 6. The molecule has 0 fully saturated rings. The number of anilines is 1. The van der Waals surface area contributed by atoms with Crippen molar-refractivity contribution < 1.29 is 19.0 Å². The Labute approximate surface area is 180 Å². The second kappa shape index (κ2) is 8.95. The number of carbonyl (C=O) groups excluding carboxylic acids is 1. The predicted molar refractivity (Wildman–Crippen MR) is 117 cm³/mol. The summed E-state index contributed by atoms with van der Waals surface area (Å²) in [6.07, 6.45) is 1.58. The standard InChI is InChI=1S/C24H24N2O5/c1-16-3-5-18(6-4-16)15-31-23-13-26(17(2)11-20(23)27)14-24(28)25-19-7-8-21-22(12-19)30-10-9-29-21/h3-8,11-13H,9-10,14-15H2,1-2H3,(H,25,28). The van der Waals surface area contributed by atoms with Crippen LogP contribution >= 0.6 is 0 Å². The molecule has 0 spiro atoms. The number of amides is 1. The summed E-state index contributed by atoms with van der Waals surface area (Å²) < 4.78 is 18.5. The number of fused-ring (bicyclic) bond motifs is 1. The van der Waals surface area contributed by atoms with Gasteiger partial charge in [-0.15, -0.1) is 0 Å². The van der Waals surface area contributed by atoms with Crippen molar-refractivity contribution in [1.82, 2.24) is 4.57 Å². The number of pyridine rings is 1. The monoisotopic (exact) mass is 420 g/mol. The van der Waals surface area contributed by atoms with Crippen molar-refractivity contribution in [3.05, 3.63) is 81.8 Å². The molecule has 0 saturated carbocycles. The first kappa shape index (κ1) is 20.5. The average Bonchev–Trinajstić information content (AvgIpc) is 2.76. The van der Waals surface area contributed by atoms with Gasteiger partial charge in [-0.3, -0.25) is 9.59 Å².